The van der Waals surface area contributed by atoms with Crippen LogP contribution in [0.4, 0.5) is 0 Å². The molecule has 0 N–H and O–H groups in total. The van der Waals surface area contributed by atoms with Crippen molar-refractivity contribution in [3.63, 3.8) is 0 Å². The van der Waals surface area contributed by atoms with E-state index in [1.54, 1.807) is 0 Å². The molecule has 0 aromatic heterocycles. The van der Waals surface area contributed by atoms with Crippen molar-refractivity contribution in [2.24, 2.45) is 5.92 Å². The third-order valence-electron chi connectivity index (χ3n) is 2.44. The van der Waals surface area contributed by atoms with Crippen LogP contribution in [0.2, 0.25) is 0 Å². The zero-order chi connectivity index (χ0) is 10.5. The zero-order valence-corrected chi connectivity index (χ0v) is 10.2. The first-order valence-electron chi connectivity index (χ1n) is 5.10. The number of rotatable bonds is 3. The molecule has 1 fully saturated rings. The molecule has 15 heavy (non-hydrogen) atoms. The summed E-state index contributed by atoms with van der Waals surface area (Å²) < 4.78 is 0. The molecule has 1 nitrogen and oxygen atoms in total. The minimum Gasteiger partial charge on any atom is -0.294 e. The normalized spacial score (nSPS) is 17.6. The van der Waals surface area contributed by atoms with Crippen molar-refractivity contribution in [3.8, 4) is 0 Å². The van der Waals surface area contributed by atoms with E-state index in [1.165, 1.54) is 5.08 Å². The summed E-state index contributed by atoms with van der Waals surface area (Å²) in [5.74, 6) is 3.15. The Labute approximate surface area is 99.0 Å². The van der Waals surface area contributed by atoms with E-state index >= 15 is 0 Å². The molecule has 0 unspecified atom stereocenters. The molecule has 1 heterocycles. The number of ketones is 1. The van der Waals surface area contributed by atoms with Crippen LogP contribution in [0, 0.1) is 5.92 Å². The quantitative estimate of drug-likeness (QED) is 0.752. The second-order valence-electron chi connectivity index (χ2n) is 3.72. The number of hydrogen-bond acceptors (Lipinski definition) is 3. The van der Waals surface area contributed by atoms with Crippen molar-refractivity contribution in [2.45, 2.75) is 6.42 Å². The maximum Gasteiger partial charge on any atom is 0.163 e. The van der Waals surface area contributed by atoms with Gasteiger partial charge in [0.05, 0.1) is 0 Å². The first kappa shape index (κ1) is 11.1. The standard InChI is InChI=1S/C12H14OS2/c13-12(11-4-2-1-3-5-11)6-10-7-14-9-15-8-10/h1-5,10H,6-9H2. The summed E-state index contributed by atoms with van der Waals surface area (Å²) in [6.07, 6.45) is 0.712. The lowest BCUT2D eigenvalue weighted by atomic mass is 10.0. The largest absolute Gasteiger partial charge is 0.294 e. The van der Waals surface area contributed by atoms with E-state index < -0.39 is 0 Å². The second kappa shape index (κ2) is 5.61. The average Bonchev–Trinajstić information content (AvgIpc) is 2.31. The van der Waals surface area contributed by atoms with Gasteiger partial charge in [-0.05, 0) is 17.4 Å². The van der Waals surface area contributed by atoms with Gasteiger partial charge in [0.25, 0.3) is 0 Å². The van der Waals surface area contributed by atoms with Crippen LogP contribution < -0.4 is 0 Å². The molecule has 1 aromatic rings. The highest BCUT2D eigenvalue weighted by Gasteiger charge is 2.18. The Morgan fingerprint density at radius 1 is 1.20 bits per heavy atom. The molecule has 0 aliphatic carbocycles. The first-order chi connectivity index (χ1) is 7.36. The molecule has 3 heteroatoms. The molecule has 0 amide bonds. The minimum atomic E-state index is 0.295. The molecule has 0 bridgehead atoms. The van der Waals surface area contributed by atoms with Gasteiger partial charge in [-0.3, -0.25) is 4.79 Å². The number of carbonyl (C=O) groups excluding carboxylic acids is 1. The molecule has 1 aliphatic rings. The van der Waals surface area contributed by atoms with Crippen molar-refractivity contribution in [2.75, 3.05) is 16.6 Å². The van der Waals surface area contributed by atoms with Crippen LogP contribution in [-0.4, -0.2) is 22.4 Å². The lowest BCUT2D eigenvalue weighted by Crippen LogP contribution is -2.16. The summed E-state index contributed by atoms with van der Waals surface area (Å²) in [4.78, 5) is 11.9. The fourth-order valence-corrected chi connectivity index (χ4v) is 4.19. The molecule has 0 spiro atoms. The van der Waals surface area contributed by atoms with Crippen molar-refractivity contribution >= 4 is 29.3 Å². The van der Waals surface area contributed by atoms with Crippen molar-refractivity contribution in [1.29, 1.82) is 0 Å². The van der Waals surface area contributed by atoms with E-state index in [0.29, 0.717) is 18.1 Å². The van der Waals surface area contributed by atoms with Crippen LogP contribution >= 0.6 is 23.5 Å². The fraction of sp³-hybridized carbons (Fsp3) is 0.417. The number of Topliss-reactive ketones (excluding diaryl/α,β-unsaturated/α-hetero) is 1. The Morgan fingerprint density at radius 2 is 1.87 bits per heavy atom. The van der Waals surface area contributed by atoms with Gasteiger partial charge in [0.15, 0.2) is 5.78 Å². The van der Waals surface area contributed by atoms with Gasteiger partial charge in [-0.25, -0.2) is 0 Å². The van der Waals surface area contributed by atoms with Crippen LogP contribution in [0.15, 0.2) is 30.3 Å². The Balaban J connectivity index is 1.91. The van der Waals surface area contributed by atoms with Crippen LogP contribution in [0.25, 0.3) is 0 Å². The van der Waals surface area contributed by atoms with Gasteiger partial charge in [-0.15, -0.1) is 0 Å². The summed E-state index contributed by atoms with van der Waals surface area (Å²) in [6, 6.07) is 9.62. The molecular formula is C12H14OS2. The summed E-state index contributed by atoms with van der Waals surface area (Å²) >= 11 is 3.90. The number of thioether (sulfide) groups is 2. The van der Waals surface area contributed by atoms with Gasteiger partial charge in [0.2, 0.25) is 0 Å². The number of benzene rings is 1. The average molecular weight is 238 g/mol. The van der Waals surface area contributed by atoms with Crippen LogP contribution in [0.1, 0.15) is 16.8 Å². The smallest absolute Gasteiger partial charge is 0.163 e. The fourth-order valence-electron chi connectivity index (χ4n) is 1.66. The Bertz CT molecular complexity index is 318. The van der Waals surface area contributed by atoms with Gasteiger partial charge < -0.3 is 0 Å². The molecule has 2 rings (SSSR count). The van der Waals surface area contributed by atoms with Crippen molar-refractivity contribution < 1.29 is 4.79 Å². The zero-order valence-electron chi connectivity index (χ0n) is 8.52. The lowest BCUT2D eigenvalue weighted by Gasteiger charge is -2.19. The maximum absolute atomic E-state index is 11.9. The van der Waals surface area contributed by atoms with Crippen LogP contribution in [0.5, 0.6) is 0 Å². The Hall–Kier alpha value is -0.410. The molecule has 0 radical (unpaired) electrons. The van der Waals surface area contributed by atoms with E-state index in [2.05, 4.69) is 0 Å². The summed E-state index contributed by atoms with van der Waals surface area (Å²) in [5.41, 5.74) is 0.859. The van der Waals surface area contributed by atoms with Gasteiger partial charge in [-0.2, -0.15) is 23.5 Å². The van der Waals surface area contributed by atoms with Gasteiger partial charge in [0, 0.05) is 17.1 Å². The molecule has 0 saturated carbocycles. The summed E-state index contributed by atoms with van der Waals surface area (Å²) in [6.45, 7) is 0. The molecule has 1 aromatic carbocycles. The van der Waals surface area contributed by atoms with Gasteiger partial charge in [-0.1, -0.05) is 30.3 Å². The molecule has 1 saturated heterocycles. The number of hydrogen-bond donors (Lipinski definition) is 0. The van der Waals surface area contributed by atoms with Gasteiger partial charge >= 0.3 is 0 Å². The van der Waals surface area contributed by atoms with E-state index in [9.17, 15) is 4.79 Å². The monoisotopic (exact) mass is 238 g/mol. The molecular weight excluding hydrogens is 224 g/mol. The highest BCUT2D eigenvalue weighted by atomic mass is 32.2. The predicted octanol–water partition coefficient (Wildman–Crippen LogP) is 3.31. The molecule has 80 valence electrons. The number of carbonyl (C=O) groups is 1. The topological polar surface area (TPSA) is 17.1 Å². The second-order valence-corrected chi connectivity index (χ2v) is 6.14. The van der Waals surface area contributed by atoms with Crippen LogP contribution in [0.3, 0.4) is 0 Å². The SMILES string of the molecule is O=C(CC1CSCSC1)c1ccccc1. The molecule has 1 aliphatic heterocycles. The summed E-state index contributed by atoms with van der Waals surface area (Å²) in [7, 11) is 0. The highest BCUT2D eigenvalue weighted by molar-refractivity contribution is 8.16. The lowest BCUT2D eigenvalue weighted by molar-refractivity contribution is 0.0969. The van der Waals surface area contributed by atoms with E-state index in [0.717, 1.165) is 17.1 Å². The Morgan fingerprint density at radius 3 is 2.53 bits per heavy atom. The maximum atomic E-state index is 11.9. The highest BCUT2D eigenvalue weighted by Crippen LogP contribution is 2.28. The minimum absolute atomic E-state index is 0.295. The first-order valence-corrected chi connectivity index (χ1v) is 7.41. The predicted molar refractivity (Wildman–Crippen MR) is 68.7 cm³/mol. The molecule has 0 atom stereocenters. The van der Waals surface area contributed by atoms with E-state index in [4.69, 9.17) is 0 Å². The van der Waals surface area contributed by atoms with E-state index in [1.807, 2.05) is 53.9 Å². The van der Waals surface area contributed by atoms with Crippen LogP contribution in [-0.2, 0) is 0 Å². The Kier molecular flexibility index (Phi) is 4.15. The van der Waals surface area contributed by atoms with E-state index in [-0.39, 0.29) is 0 Å². The van der Waals surface area contributed by atoms with Gasteiger partial charge in [0.1, 0.15) is 0 Å². The summed E-state index contributed by atoms with van der Waals surface area (Å²) in [5, 5.41) is 1.19. The third kappa shape index (κ3) is 3.28. The van der Waals surface area contributed by atoms with Crippen molar-refractivity contribution in [3.05, 3.63) is 35.9 Å². The third-order valence-corrected chi connectivity index (χ3v) is 5.19. The van der Waals surface area contributed by atoms with Crippen molar-refractivity contribution in [1.82, 2.24) is 0 Å².